The van der Waals surface area contributed by atoms with Crippen LogP contribution in [-0.2, 0) is 6.42 Å². The maximum Gasteiger partial charge on any atom is 0.0294 e. The molecule has 1 aliphatic rings. The van der Waals surface area contributed by atoms with E-state index < -0.39 is 0 Å². The van der Waals surface area contributed by atoms with Gasteiger partial charge < -0.3 is 5.73 Å². The van der Waals surface area contributed by atoms with E-state index in [1.165, 1.54) is 41.5 Å². The van der Waals surface area contributed by atoms with Crippen molar-refractivity contribution in [3.05, 3.63) is 46.5 Å². The highest BCUT2D eigenvalue weighted by atomic mass is 14.6. The number of nitrogens with two attached hydrogens (primary N) is 1. The zero-order chi connectivity index (χ0) is 11.5. The molecular formula is C15H21N. The van der Waals surface area contributed by atoms with Crippen molar-refractivity contribution < 1.29 is 0 Å². The van der Waals surface area contributed by atoms with E-state index in [1.807, 2.05) is 0 Å². The molecule has 1 atom stereocenters. The number of hydrogen-bond donors (Lipinski definition) is 1. The Morgan fingerprint density at radius 2 is 2.12 bits per heavy atom. The van der Waals surface area contributed by atoms with Crippen LogP contribution in [0, 0.1) is 13.8 Å². The van der Waals surface area contributed by atoms with Gasteiger partial charge in [0.1, 0.15) is 0 Å². The first kappa shape index (κ1) is 11.4. The predicted octanol–water partition coefficient (Wildman–Crippen LogP) is 3.28. The van der Waals surface area contributed by atoms with Crippen LogP contribution in [-0.4, -0.2) is 6.04 Å². The summed E-state index contributed by atoms with van der Waals surface area (Å²) in [6.45, 7) is 4.31. The molecule has 0 radical (unpaired) electrons. The van der Waals surface area contributed by atoms with E-state index >= 15 is 0 Å². The number of hydrogen-bond acceptors (Lipinski definition) is 1. The molecule has 2 rings (SSSR count). The highest BCUT2D eigenvalue weighted by Gasteiger charge is 2.14. The topological polar surface area (TPSA) is 26.0 Å². The predicted molar refractivity (Wildman–Crippen MR) is 69.5 cm³/mol. The van der Waals surface area contributed by atoms with Crippen LogP contribution in [0.15, 0.2) is 29.8 Å². The molecule has 1 nitrogen and oxygen atoms in total. The lowest BCUT2D eigenvalue weighted by Crippen LogP contribution is -2.25. The van der Waals surface area contributed by atoms with Gasteiger partial charge in [0.25, 0.3) is 0 Å². The lowest BCUT2D eigenvalue weighted by molar-refractivity contribution is 0.726. The minimum Gasteiger partial charge on any atom is -0.324 e. The molecular weight excluding hydrogens is 194 g/mol. The van der Waals surface area contributed by atoms with E-state index in [-0.39, 0.29) is 6.04 Å². The largest absolute Gasteiger partial charge is 0.324 e. The van der Waals surface area contributed by atoms with Crippen LogP contribution in [0.3, 0.4) is 0 Å². The third kappa shape index (κ3) is 2.53. The van der Waals surface area contributed by atoms with Crippen molar-refractivity contribution in [3.63, 3.8) is 0 Å². The third-order valence-electron chi connectivity index (χ3n) is 3.50. The van der Waals surface area contributed by atoms with Crippen molar-refractivity contribution in [2.24, 2.45) is 5.73 Å². The molecule has 0 aromatic heterocycles. The summed E-state index contributed by atoms with van der Waals surface area (Å²) in [7, 11) is 0. The Hall–Kier alpha value is -1.08. The Balaban J connectivity index is 2.10. The lowest BCUT2D eigenvalue weighted by Gasteiger charge is -2.15. The fourth-order valence-corrected chi connectivity index (χ4v) is 2.42. The van der Waals surface area contributed by atoms with Crippen molar-refractivity contribution in [2.75, 3.05) is 0 Å². The van der Waals surface area contributed by atoms with Crippen LogP contribution >= 0.6 is 0 Å². The molecule has 0 bridgehead atoms. The Morgan fingerprint density at radius 1 is 1.31 bits per heavy atom. The van der Waals surface area contributed by atoms with Gasteiger partial charge in [-0.05, 0) is 50.7 Å². The molecule has 1 aromatic rings. The van der Waals surface area contributed by atoms with Crippen molar-refractivity contribution in [1.29, 1.82) is 0 Å². The fraction of sp³-hybridized carbons (Fsp3) is 0.467. The molecule has 0 heterocycles. The molecule has 16 heavy (non-hydrogen) atoms. The minimum absolute atomic E-state index is 0.225. The molecule has 0 saturated carbocycles. The van der Waals surface area contributed by atoms with Crippen molar-refractivity contribution in [3.8, 4) is 0 Å². The molecule has 1 aromatic carbocycles. The first-order valence-electron chi connectivity index (χ1n) is 6.17. The standard InChI is InChI=1S/C15H21N/c1-11-7-8-12(2)14(9-11)10-15(16)13-5-3-4-6-13/h5,7-9,15H,3-4,6,10,16H2,1-2H3. The summed E-state index contributed by atoms with van der Waals surface area (Å²) in [6, 6.07) is 6.85. The number of aryl methyl sites for hydroxylation is 2. The van der Waals surface area contributed by atoms with Crippen LogP contribution < -0.4 is 5.73 Å². The molecule has 0 aliphatic heterocycles. The first-order valence-corrected chi connectivity index (χ1v) is 6.17. The third-order valence-corrected chi connectivity index (χ3v) is 3.50. The molecule has 1 aliphatic carbocycles. The SMILES string of the molecule is Cc1ccc(C)c(CC(N)C2=CCCC2)c1. The Bertz CT molecular complexity index is 404. The molecule has 0 spiro atoms. The molecule has 86 valence electrons. The number of rotatable bonds is 3. The van der Waals surface area contributed by atoms with Gasteiger partial charge in [-0.2, -0.15) is 0 Å². The van der Waals surface area contributed by atoms with Gasteiger partial charge in [0.05, 0.1) is 0 Å². The summed E-state index contributed by atoms with van der Waals surface area (Å²) in [6.07, 6.45) is 7.02. The zero-order valence-corrected chi connectivity index (χ0v) is 10.3. The monoisotopic (exact) mass is 215 g/mol. The molecule has 0 amide bonds. The number of benzene rings is 1. The van der Waals surface area contributed by atoms with E-state index in [2.05, 4.69) is 38.1 Å². The minimum atomic E-state index is 0.225. The normalized spacial score (nSPS) is 17.3. The van der Waals surface area contributed by atoms with E-state index in [0.29, 0.717) is 0 Å². The van der Waals surface area contributed by atoms with Crippen LogP contribution in [0.5, 0.6) is 0 Å². The summed E-state index contributed by atoms with van der Waals surface area (Å²) < 4.78 is 0. The smallest absolute Gasteiger partial charge is 0.0294 e. The second kappa shape index (κ2) is 4.84. The summed E-state index contributed by atoms with van der Waals surface area (Å²) >= 11 is 0. The van der Waals surface area contributed by atoms with Crippen LogP contribution in [0.2, 0.25) is 0 Å². The summed E-state index contributed by atoms with van der Waals surface area (Å²) in [5.74, 6) is 0. The van der Waals surface area contributed by atoms with Crippen molar-refractivity contribution >= 4 is 0 Å². The molecule has 1 heteroatoms. The quantitative estimate of drug-likeness (QED) is 0.769. The summed E-state index contributed by atoms with van der Waals surface area (Å²) in [5, 5.41) is 0. The van der Waals surface area contributed by atoms with Gasteiger partial charge in [-0.25, -0.2) is 0 Å². The highest BCUT2D eigenvalue weighted by Crippen LogP contribution is 2.23. The highest BCUT2D eigenvalue weighted by molar-refractivity contribution is 5.32. The van der Waals surface area contributed by atoms with Gasteiger partial charge in [0.2, 0.25) is 0 Å². The number of allylic oxidation sites excluding steroid dienone is 1. The molecule has 1 unspecified atom stereocenters. The van der Waals surface area contributed by atoms with Crippen LogP contribution in [0.25, 0.3) is 0 Å². The summed E-state index contributed by atoms with van der Waals surface area (Å²) in [4.78, 5) is 0. The molecule has 2 N–H and O–H groups in total. The van der Waals surface area contributed by atoms with Crippen LogP contribution in [0.1, 0.15) is 36.0 Å². The van der Waals surface area contributed by atoms with Gasteiger partial charge >= 0.3 is 0 Å². The fourth-order valence-electron chi connectivity index (χ4n) is 2.42. The lowest BCUT2D eigenvalue weighted by atomic mass is 9.95. The zero-order valence-electron chi connectivity index (χ0n) is 10.3. The van der Waals surface area contributed by atoms with Gasteiger partial charge in [-0.1, -0.05) is 35.4 Å². The second-order valence-corrected chi connectivity index (χ2v) is 4.91. The van der Waals surface area contributed by atoms with Crippen molar-refractivity contribution in [2.45, 2.75) is 45.6 Å². The van der Waals surface area contributed by atoms with Gasteiger partial charge in [-0.15, -0.1) is 0 Å². The molecule has 0 saturated heterocycles. The van der Waals surface area contributed by atoms with Gasteiger partial charge in [0, 0.05) is 6.04 Å². The van der Waals surface area contributed by atoms with E-state index in [4.69, 9.17) is 5.73 Å². The molecule has 0 fully saturated rings. The maximum atomic E-state index is 6.26. The second-order valence-electron chi connectivity index (χ2n) is 4.91. The first-order chi connectivity index (χ1) is 7.66. The Labute approximate surface area is 98.4 Å². The van der Waals surface area contributed by atoms with E-state index in [1.54, 1.807) is 0 Å². The average Bonchev–Trinajstić information content (AvgIpc) is 2.76. The van der Waals surface area contributed by atoms with Crippen LogP contribution in [0.4, 0.5) is 0 Å². The summed E-state index contributed by atoms with van der Waals surface area (Å²) in [5.41, 5.74) is 11.8. The average molecular weight is 215 g/mol. The maximum absolute atomic E-state index is 6.26. The van der Waals surface area contributed by atoms with Gasteiger partial charge in [-0.3, -0.25) is 0 Å². The Morgan fingerprint density at radius 3 is 2.81 bits per heavy atom. The van der Waals surface area contributed by atoms with E-state index in [9.17, 15) is 0 Å². The van der Waals surface area contributed by atoms with E-state index in [0.717, 1.165) is 6.42 Å². The van der Waals surface area contributed by atoms with Gasteiger partial charge in [0.15, 0.2) is 0 Å². The Kier molecular flexibility index (Phi) is 3.45. The van der Waals surface area contributed by atoms with Crippen molar-refractivity contribution in [1.82, 2.24) is 0 Å².